The van der Waals surface area contributed by atoms with E-state index in [4.69, 9.17) is 16.3 Å². The van der Waals surface area contributed by atoms with Crippen LogP contribution in [0.15, 0.2) is 79.0 Å². The number of pyridine rings is 1. The van der Waals surface area contributed by atoms with E-state index >= 15 is 0 Å². The first kappa shape index (κ1) is 18.5. The van der Waals surface area contributed by atoms with Crippen LogP contribution < -0.4 is 15.4 Å². The topological polar surface area (TPSA) is 63.2 Å². The van der Waals surface area contributed by atoms with E-state index in [0.717, 1.165) is 0 Å². The quantitative estimate of drug-likeness (QED) is 0.532. The maximum Gasteiger partial charge on any atom is 0.250 e. The molecule has 2 aromatic carbocycles. The summed E-state index contributed by atoms with van der Waals surface area (Å²) < 4.78 is 5.82. The van der Waals surface area contributed by atoms with Crippen LogP contribution in [0.5, 0.6) is 11.5 Å². The second kappa shape index (κ2) is 8.38. The number of carbonyl (C=O) groups excluding carboxylic acids is 1. The number of nitrogens with one attached hydrogen (secondary N) is 2. The highest BCUT2D eigenvalue weighted by Crippen LogP contribution is 2.28. The average Bonchev–Trinajstić information content (AvgIpc) is 2.65. The van der Waals surface area contributed by atoms with E-state index in [1.54, 1.807) is 55.6 Å². The van der Waals surface area contributed by atoms with Crippen molar-refractivity contribution in [1.82, 2.24) is 4.98 Å². The van der Waals surface area contributed by atoms with Gasteiger partial charge in [-0.2, -0.15) is 0 Å². The minimum Gasteiger partial charge on any atom is -0.457 e. The zero-order valence-electron chi connectivity index (χ0n) is 14.7. The Labute approximate surface area is 162 Å². The molecule has 3 aromatic rings. The van der Waals surface area contributed by atoms with E-state index in [9.17, 15) is 4.79 Å². The number of amides is 1. The summed E-state index contributed by atoms with van der Waals surface area (Å²) in [5.74, 6) is 1.64. The van der Waals surface area contributed by atoms with Gasteiger partial charge >= 0.3 is 0 Å². The Morgan fingerprint density at radius 1 is 1.04 bits per heavy atom. The highest BCUT2D eigenvalue weighted by molar-refractivity contribution is 6.30. The molecule has 3 rings (SSSR count). The van der Waals surface area contributed by atoms with Gasteiger partial charge in [0.05, 0.1) is 11.4 Å². The predicted octanol–water partition coefficient (Wildman–Crippen LogP) is 5.79. The number of aromatic nitrogens is 1. The molecule has 0 saturated carbocycles. The van der Waals surface area contributed by atoms with Gasteiger partial charge in [0, 0.05) is 22.9 Å². The standard InChI is InChI=1S/C21H18ClN3O2/c1-14(2)21(26)25-19-6-4-3-5-18(19)24-20-13-17(11-12-23-20)27-16-9-7-15(22)8-10-16/h3-13H,1H2,2H3,(H,23,24)(H,25,26). The van der Waals surface area contributed by atoms with Crippen LogP contribution in [0.25, 0.3) is 0 Å². The van der Waals surface area contributed by atoms with Gasteiger partial charge in [-0.15, -0.1) is 0 Å². The van der Waals surface area contributed by atoms with Crippen molar-refractivity contribution in [3.8, 4) is 11.5 Å². The smallest absolute Gasteiger partial charge is 0.250 e. The molecule has 0 bridgehead atoms. The van der Waals surface area contributed by atoms with Gasteiger partial charge in [-0.3, -0.25) is 4.79 Å². The maximum absolute atomic E-state index is 11.9. The molecule has 136 valence electrons. The number of anilines is 3. The first-order valence-electron chi connectivity index (χ1n) is 8.23. The predicted molar refractivity (Wildman–Crippen MR) is 109 cm³/mol. The molecule has 2 N–H and O–H groups in total. The highest BCUT2D eigenvalue weighted by Gasteiger charge is 2.08. The molecular formula is C21H18ClN3O2. The van der Waals surface area contributed by atoms with Crippen LogP contribution in [0.3, 0.4) is 0 Å². The van der Waals surface area contributed by atoms with E-state index in [2.05, 4.69) is 22.2 Å². The second-order valence-corrected chi connectivity index (χ2v) is 6.27. The lowest BCUT2D eigenvalue weighted by atomic mass is 10.2. The van der Waals surface area contributed by atoms with Gasteiger partial charge in [-0.05, 0) is 49.4 Å². The van der Waals surface area contributed by atoms with Crippen molar-refractivity contribution < 1.29 is 9.53 Å². The Balaban J connectivity index is 1.77. The molecule has 0 fully saturated rings. The number of carbonyl (C=O) groups is 1. The molecule has 27 heavy (non-hydrogen) atoms. The van der Waals surface area contributed by atoms with Crippen molar-refractivity contribution in [2.45, 2.75) is 6.92 Å². The van der Waals surface area contributed by atoms with Gasteiger partial charge in [0.1, 0.15) is 17.3 Å². The molecule has 0 atom stereocenters. The molecule has 0 aliphatic rings. The fraction of sp³-hybridized carbons (Fsp3) is 0.0476. The van der Waals surface area contributed by atoms with E-state index in [1.165, 1.54) is 0 Å². The van der Waals surface area contributed by atoms with E-state index in [0.29, 0.717) is 39.3 Å². The third-order valence-corrected chi connectivity index (χ3v) is 3.86. The van der Waals surface area contributed by atoms with Crippen LogP contribution in [0.1, 0.15) is 6.92 Å². The third kappa shape index (κ3) is 5.09. The number of hydrogen-bond donors (Lipinski definition) is 2. The van der Waals surface area contributed by atoms with Crippen LogP contribution in [-0.4, -0.2) is 10.9 Å². The lowest BCUT2D eigenvalue weighted by molar-refractivity contribution is -0.112. The zero-order chi connectivity index (χ0) is 19.2. The van der Waals surface area contributed by atoms with Gasteiger partial charge in [-0.1, -0.05) is 30.3 Å². The van der Waals surface area contributed by atoms with Crippen molar-refractivity contribution in [3.63, 3.8) is 0 Å². The van der Waals surface area contributed by atoms with Crippen molar-refractivity contribution in [2.75, 3.05) is 10.6 Å². The molecule has 1 amide bonds. The summed E-state index contributed by atoms with van der Waals surface area (Å²) in [7, 11) is 0. The number of nitrogens with zero attached hydrogens (tertiary/aromatic N) is 1. The van der Waals surface area contributed by atoms with Crippen LogP contribution in [-0.2, 0) is 4.79 Å². The van der Waals surface area contributed by atoms with Crippen LogP contribution in [0, 0.1) is 0 Å². The van der Waals surface area contributed by atoms with Crippen LogP contribution in [0.4, 0.5) is 17.2 Å². The monoisotopic (exact) mass is 379 g/mol. The Kier molecular flexibility index (Phi) is 5.74. The lowest BCUT2D eigenvalue weighted by Crippen LogP contribution is -2.13. The number of rotatable bonds is 6. The fourth-order valence-electron chi connectivity index (χ4n) is 2.25. The summed E-state index contributed by atoms with van der Waals surface area (Å²) >= 11 is 5.89. The van der Waals surface area contributed by atoms with Crippen LogP contribution >= 0.6 is 11.6 Å². The summed E-state index contributed by atoms with van der Waals surface area (Å²) in [6.45, 7) is 5.31. The maximum atomic E-state index is 11.9. The van der Waals surface area contributed by atoms with E-state index < -0.39 is 0 Å². The fourth-order valence-corrected chi connectivity index (χ4v) is 2.38. The van der Waals surface area contributed by atoms with Crippen molar-refractivity contribution in [2.24, 2.45) is 0 Å². The van der Waals surface area contributed by atoms with Gasteiger partial charge in [0.25, 0.3) is 5.91 Å². The summed E-state index contributed by atoms with van der Waals surface area (Å²) in [6, 6.07) is 18.0. The van der Waals surface area contributed by atoms with E-state index in [1.807, 2.05) is 18.2 Å². The molecule has 0 radical (unpaired) electrons. The number of ether oxygens (including phenoxy) is 1. The molecule has 1 aromatic heterocycles. The zero-order valence-corrected chi connectivity index (χ0v) is 15.5. The number of hydrogen-bond acceptors (Lipinski definition) is 4. The molecule has 0 spiro atoms. The van der Waals surface area contributed by atoms with Gasteiger partial charge < -0.3 is 15.4 Å². The second-order valence-electron chi connectivity index (χ2n) is 5.84. The Bertz CT molecular complexity index is 971. The molecule has 0 aliphatic carbocycles. The Morgan fingerprint density at radius 2 is 1.74 bits per heavy atom. The van der Waals surface area contributed by atoms with Crippen molar-refractivity contribution >= 4 is 34.7 Å². The minimum atomic E-state index is -0.239. The first-order chi connectivity index (χ1) is 13.0. The average molecular weight is 380 g/mol. The summed E-state index contributed by atoms with van der Waals surface area (Å²) in [5, 5.41) is 6.66. The number of para-hydroxylation sites is 2. The van der Waals surface area contributed by atoms with Gasteiger partial charge in [0.2, 0.25) is 0 Å². The first-order valence-corrected chi connectivity index (χ1v) is 8.61. The molecule has 0 unspecified atom stereocenters. The summed E-state index contributed by atoms with van der Waals surface area (Å²) in [5.41, 5.74) is 1.78. The molecule has 5 nitrogen and oxygen atoms in total. The summed E-state index contributed by atoms with van der Waals surface area (Å²) in [4.78, 5) is 16.2. The SMILES string of the molecule is C=C(C)C(=O)Nc1ccccc1Nc1cc(Oc2ccc(Cl)cc2)ccn1. The minimum absolute atomic E-state index is 0.239. The molecule has 6 heteroatoms. The van der Waals surface area contributed by atoms with Crippen molar-refractivity contribution in [3.05, 3.63) is 84.0 Å². The highest BCUT2D eigenvalue weighted by atomic mass is 35.5. The molecule has 1 heterocycles. The van der Waals surface area contributed by atoms with Gasteiger partial charge in [-0.25, -0.2) is 4.98 Å². The molecule has 0 saturated heterocycles. The van der Waals surface area contributed by atoms with Crippen LogP contribution in [0.2, 0.25) is 5.02 Å². The Hall–Kier alpha value is -3.31. The Morgan fingerprint density at radius 3 is 2.44 bits per heavy atom. The summed E-state index contributed by atoms with van der Waals surface area (Å²) in [6.07, 6.45) is 1.64. The van der Waals surface area contributed by atoms with Crippen molar-refractivity contribution in [1.29, 1.82) is 0 Å². The van der Waals surface area contributed by atoms with Gasteiger partial charge in [0.15, 0.2) is 0 Å². The third-order valence-electron chi connectivity index (χ3n) is 3.61. The lowest BCUT2D eigenvalue weighted by Gasteiger charge is -2.13. The number of benzene rings is 2. The molecular weight excluding hydrogens is 362 g/mol. The number of halogens is 1. The normalized spacial score (nSPS) is 10.1. The largest absolute Gasteiger partial charge is 0.457 e. The molecule has 0 aliphatic heterocycles. The van der Waals surface area contributed by atoms with E-state index in [-0.39, 0.29) is 5.91 Å².